The summed E-state index contributed by atoms with van der Waals surface area (Å²) in [5, 5.41) is 8.33. The molecule has 0 aliphatic heterocycles. The maximum Gasteiger partial charge on any atom is 0.265 e. The van der Waals surface area contributed by atoms with Crippen molar-refractivity contribution >= 4 is 44.2 Å². The Labute approximate surface area is 164 Å². The van der Waals surface area contributed by atoms with Crippen molar-refractivity contribution < 1.29 is 9.21 Å². The molecule has 2 aromatic carbocycles. The number of amides is 1. The molecule has 5 aromatic rings. The molecule has 0 spiro atoms. The van der Waals surface area contributed by atoms with Crippen molar-refractivity contribution in [1.29, 1.82) is 0 Å². The second-order valence-electron chi connectivity index (χ2n) is 6.56. The molecule has 6 nitrogen and oxygen atoms in total. The van der Waals surface area contributed by atoms with Crippen LogP contribution in [0.4, 0.5) is 5.69 Å². The fourth-order valence-electron chi connectivity index (χ4n) is 3.20. The second kappa shape index (κ2) is 6.31. The van der Waals surface area contributed by atoms with E-state index in [9.17, 15) is 4.79 Å². The van der Waals surface area contributed by atoms with Gasteiger partial charge >= 0.3 is 0 Å². The van der Waals surface area contributed by atoms with Gasteiger partial charge in [-0.1, -0.05) is 12.1 Å². The lowest BCUT2D eigenvalue weighted by Crippen LogP contribution is -2.09. The number of benzene rings is 2. The summed E-state index contributed by atoms with van der Waals surface area (Å²) in [6.45, 7) is 1.95. The first-order chi connectivity index (χ1) is 13.6. The summed E-state index contributed by atoms with van der Waals surface area (Å²) < 4.78 is 7.59. The van der Waals surface area contributed by atoms with Crippen molar-refractivity contribution in [3.8, 4) is 11.5 Å². The van der Waals surface area contributed by atoms with Gasteiger partial charge in [0.15, 0.2) is 5.58 Å². The van der Waals surface area contributed by atoms with E-state index in [2.05, 4.69) is 15.4 Å². The number of anilines is 1. The molecule has 3 aromatic heterocycles. The summed E-state index contributed by atoms with van der Waals surface area (Å²) >= 11 is 1.44. The van der Waals surface area contributed by atoms with Gasteiger partial charge in [-0.3, -0.25) is 9.48 Å². The van der Waals surface area contributed by atoms with Crippen molar-refractivity contribution in [1.82, 2.24) is 14.8 Å². The Hall–Kier alpha value is -3.45. The Bertz CT molecular complexity index is 1260. The van der Waals surface area contributed by atoms with Crippen molar-refractivity contribution in [3.05, 3.63) is 65.2 Å². The van der Waals surface area contributed by atoms with Gasteiger partial charge in [-0.25, -0.2) is 4.98 Å². The number of hydrogen-bond acceptors (Lipinski definition) is 5. The van der Waals surface area contributed by atoms with Crippen LogP contribution >= 0.6 is 11.3 Å². The summed E-state index contributed by atoms with van der Waals surface area (Å²) in [5.74, 6) is 0.432. The van der Waals surface area contributed by atoms with Crippen LogP contribution in [0.5, 0.6) is 0 Å². The molecule has 0 bridgehead atoms. The van der Waals surface area contributed by atoms with Crippen molar-refractivity contribution in [2.75, 3.05) is 5.32 Å². The fourth-order valence-corrected chi connectivity index (χ4v) is 4.22. The zero-order valence-corrected chi connectivity index (χ0v) is 16.1. The molecule has 0 atom stereocenters. The van der Waals surface area contributed by atoms with E-state index in [-0.39, 0.29) is 5.91 Å². The third-order valence-corrected chi connectivity index (χ3v) is 5.80. The highest BCUT2D eigenvalue weighted by Crippen LogP contribution is 2.29. The number of carbonyl (C=O) groups is 1. The highest BCUT2D eigenvalue weighted by Gasteiger charge is 2.15. The maximum absolute atomic E-state index is 12.6. The van der Waals surface area contributed by atoms with E-state index in [1.165, 1.54) is 11.3 Å². The van der Waals surface area contributed by atoms with Gasteiger partial charge in [0.2, 0.25) is 5.89 Å². The van der Waals surface area contributed by atoms with Crippen LogP contribution in [0.25, 0.3) is 32.8 Å². The van der Waals surface area contributed by atoms with Crippen LogP contribution < -0.4 is 5.32 Å². The van der Waals surface area contributed by atoms with E-state index < -0.39 is 0 Å². The first kappa shape index (κ1) is 16.7. The van der Waals surface area contributed by atoms with E-state index >= 15 is 0 Å². The number of hydrogen-bond donors (Lipinski definition) is 1. The Morgan fingerprint density at radius 1 is 1.14 bits per heavy atom. The molecule has 0 aliphatic rings. The van der Waals surface area contributed by atoms with Crippen molar-refractivity contribution in [2.45, 2.75) is 6.92 Å². The van der Waals surface area contributed by atoms with Gasteiger partial charge in [-0.15, -0.1) is 11.3 Å². The van der Waals surface area contributed by atoms with Crippen LogP contribution in [0.2, 0.25) is 0 Å². The van der Waals surface area contributed by atoms with Crippen LogP contribution in [0, 0.1) is 6.92 Å². The number of aromatic nitrogens is 3. The predicted octanol–water partition coefficient (Wildman–Crippen LogP) is 5.00. The largest absolute Gasteiger partial charge is 0.436 e. The zero-order valence-electron chi connectivity index (χ0n) is 15.3. The first-order valence-electron chi connectivity index (χ1n) is 8.79. The summed E-state index contributed by atoms with van der Waals surface area (Å²) in [4.78, 5) is 18.8. The topological polar surface area (TPSA) is 73.0 Å². The molecule has 0 radical (unpaired) electrons. The second-order valence-corrected chi connectivity index (χ2v) is 7.59. The van der Waals surface area contributed by atoms with Gasteiger partial charge in [0.05, 0.1) is 10.6 Å². The summed E-state index contributed by atoms with van der Waals surface area (Å²) in [5.41, 5.74) is 4.08. The molecule has 5 rings (SSSR count). The first-order valence-corrected chi connectivity index (χ1v) is 9.60. The molecule has 138 valence electrons. The lowest BCUT2D eigenvalue weighted by molar-refractivity contribution is 0.103. The Kier molecular flexibility index (Phi) is 3.77. The van der Waals surface area contributed by atoms with Crippen LogP contribution in [0.15, 0.2) is 59.0 Å². The number of nitrogens with zero attached hydrogens (tertiary/aromatic N) is 3. The van der Waals surface area contributed by atoms with Crippen LogP contribution in [0.1, 0.15) is 15.4 Å². The highest BCUT2D eigenvalue weighted by atomic mass is 32.1. The quantitative estimate of drug-likeness (QED) is 0.472. The third kappa shape index (κ3) is 2.76. The number of oxazole rings is 1. The fraction of sp³-hybridized carbons (Fsp3) is 0.0952. The van der Waals surface area contributed by atoms with Crippen LogP contribution in [-0.4, -0.2) is 20.7 Å². The molecule has 28 heavy (non-hydrogen) atoms. The van der Waals surface area contributed by atoms with Crippen LogP contribution in [0.3, 0.4) is 0 Å². The van der Waals surface area contributed by atoms with E-state index in [4.69, 9.17) is 4.42 Å². The summed E-state index contributed by atoms with van der Waals surface area (Å²) in [7, 11) is 1.89. The molecule has 0 saturated carbocycles. The van der Waals surface area contributed by atoms with Gasteiger partial charge in [-0.05, 0) is 49.4 Å². The number of aryl methyl sites for hydroxylation is 2. The molecule has 7 heteroatoms. The number of para-hydroxylation sites is 2. The van der Waals surface area contributed by atoms with Crippen LogP contribution in [-0.2, 0) is 7.05 Å². The Morgan fingerprint density at radius 3 is 2.68 bits per heavy atom. The van der Waals surface area contributed by atoms with E-state index in [1.807, 2.05) is 68.6 Å². The molecule has 1 N–H and O–H groups in total. The van der Waals surface area contributed by atoms with Gasteiger partial charge in [-0.2, -0.15) is 5.10 Å². The van der Waals surface area contributed by atoms with Crippen molar-refractivity contribution in [3.63, 3.8) is 0 Å². The maximum atomic E-state index is 12.6. The number of nitrogens with one attached hydrogen (secondary N) is 1. The van der Waals surface area contributed by atoms with Gasteiger partial charge in [0.1, 0.15) is 10.3 Å². The SMILES string of the molecule is Cc1nn(C)c2sc(C(=O)Nc3ccc(-c4nc5ccccc5o4)cc3)cc12. The number of fused-ring (bicyclic) bond motifs is 2. The zero-order chi connectivity index (χ0) is 19.3. The highest BCUT2D eigenvalue weighted by molar-refractivity contribution is 7.20. The minimum atomic E-state index is -0.129. The van der Waals surface area contributed by atoms with E-state index in [1.54, 1.807) is 4.68 Å². The lowest BCUT2D eigenvalue weighted by atomic mass is 10.2. The summed E-state index contributed by atoms with van der Waals surface area (Å²) in [6.07, 6.45) is 0. The van der Waals surface area contributed by atoms with Gasteiger partial charge < -0.3 is 9.73 Å². The standard InChI is InChI=1S/C21H16N4O2S/c1-12-15-11-18(28-21(15)25(2)24-12)19(26)22-14-9-7-13(8-10-14)20-23-16-5-3-4-6-17(16)27-20/h3-11H,1-2H3,(H,22,26). The van der Waals surface area contributed by atoms with Crippen molar-refractivity contribution in [2.24, 2.45) is 7.05 Å². The van der Waals surface area contributed by atoms with E-state index in [0.29, 0.717) is 10.8 Å². The molecule has 0 saturated heterocycles. The number of carbonyl (C=O) groups excluding carboxylic acids is 1. The van der Waals surface area contributed by atoms with E-state index in [0.717, 1.165) is 38.3 Å². The molecule has 0 fully saturated rings. The molecular weight excluding hydrogens is 372 g/mol. The average Bonchev–Trinajstić information content (AvgIpc) is 3.38. The van der Waals surface area contributed by atoms with Gasteiger partial charge in [0, 0.05) is 23.7 Å². The molecule has 1 amide bonds. The molecule has 0 unspecified atom stereocenters. The Balaban J connectivity index is 1.37. The molecular formula is C21H16N4O2S. The Morgan fingerprint density at radius 2 is 1.93 bits per heavy atom. The molecule has 0 aliphatic carbocycles. The predicted molar refractivity (Wildman–Crippen MR) is 111 cm³/mol. The minimum absolute atomic E-state index is 0.129. The lowest BCUT2D eigenvalue weighted by Gasteiger charge is -2.04. The normalized spacial score (nSPS) is 11.4. The number of thiophene rings is 1. The summed E-state index contributed by atoms with van der Waals surface area (Å²) in [6, 6.07) is 17.0. The van der Waals surface area contributed by atoms with Gasteiger partial charge in [0.25, 0.3) is 5.91 Å². The third-order valence-electron chi connectivity index (χ3n) is 4.60. The number of rotatable bonds is 3. The smallest absolute Gasteiger partial charge is 0.265 e. The monoisotopic (exact) mass is 388 g/mol. The average molecular weight is 388 g/mol. The molecule has 3 heterocycles. The minimum Gasteiger partial charge on any atom is -0.436 e.